The van der Waals surface area contributed by atoms with Crippen LogP contribution in [-0.2, 0) is 16.6 Å². The smallest absolute Gasteiger partial charge is 0.245 e. The van der Waals surface area contributed by atoms with Crippen molar-refractivity contribution in [3.63, 3.8) is 0 Å². The van der Waals surface area contributed by atoms with Crippen molar-refractivity contribution in [2.45, 2.75) is 24.8 Å². The highest BCUT2D eigenvalue weighted by Gasteiger charge is 2.27. The standard InChI is InChI=1S/C15H15ClN2O3S/c1-12-5-6-15(14(16)10-12)22(19,20)18(8-3-7-17)11-13-4-2-9-21-13/h2,4-6,9-10H,3,8,11H2,1H3. The molecule has 0 N–H and O–H groups in total. The topological polar surface area (TPSA) is 74.3 Å². The Morgan fingerprint density at radius 1 is 1.36 bits per heavy atom. The van der Waals surface area contributed by atoms with Crippen molar-refractivity contribution in [2.24, 2.45) is 0 Å². The van der Waals surface area contributed by atoms with E-state index in [2.05, 4.69) is 0 Å². The van der Waals surface area contributed by atoms with Crippen LogP contribution in [0.3, 0.4) is 0 Å². The van der Waals surface area contributed by atoms with E-state index >= 15 is 0 Å². The van der Waals surface area contributed by atoms with Gasteiger partial charge in [-0.05, 0) is 36.8 Å². The van der Waals surface area contributed by atoms with Crippen LogP contribution in [0.5, 0.6) is 0 Å². The maximum Gasteiger partial charge on any atom is 0.245 e. The summed E-state index contributed by atoms with van der Waals surface area (Å²) in [5.74, 6) is 0.504. The Morgan fingerprint density at radius 3 is 2.73 bits per heavy atom. The normalized spacial score (nSPS) is 11.5. The van der Waals surface area contributed by atoms with Crippen LogP contribution in [0.4, 0.5) is 0 Å². The van der Waals surface area contributed by atoms with Crippen molar-refractivity contribution in [1.29, 1.82) is 5.26 Å². The molecule has 116 valence electrons. The van der Waals surface area contributed by atoms with E-state index in [1.165, 1.54) is 16.6 Å². The maximum atomic E-state index is 12.8. The van der Waals surface area contributed by atoms with E-state index in [0.29, 0.717) is 5.76 Å². The molecule has 0 amide bonds. The van der Waals surface area contributed by atoms with Gasteiger partial charge >= 0.3 is 0 Å². The minimum atomic E-state index is -3.81. The Bertz CT molecular complexity index is 780. The molecule has 0 aliphatic heterocycles. The van der Waals surface area contributed by atoms with E-state index in [0.717, 1.165) is 5.56 Å². The fourth-order valence-corrected chi connectivity index (χ4v) is 3.97. The average molecular weight is 339 g/mol. The van der Waals surface area contributed by atoms with E-state index in [1.54, 1.807) is 24.3 Å². The van der Waals surface area contributed by atoms with Crippen LogP contribution in [0.25, 0.3) is 0 Å². The lowest BCUT2D eigenvalue weighted by atomic mass is 10.2. The number of nitrogens with zero attached hydrogens (tertiary/aromatic N) is 2. The molecule has 0 saturated heterocycles. The lowest BCUT2D eigenvalue weighted by Gasteiger charge is -2.21. The number of benzene rings is 1. The van der Waals surface area contributed by atoms with Crippen LogP contribution in [0.2, 0.25) is 5.02 Å². The molecule has 1 aromatic carbocycles. The molecule has 0 aliphatic rings. The van der Waals surface area contributed by atoms with Crippen LogP contribution in [0.15, 0.2) is 45.9 Å². The minimum absolute atomic E-state index is 0.0317. The Morgan fingerprint density at radius 2 is 2.14 bits per heavy atom. The van der Waals surface area contributed by atoms with E-state index in [9.17, 15) is 8.42 Å². The van der Waals surface area contributed by atoms with Crippen molar-refractivity contribution < 1.29 is 12.8 Å². The van der Waals surface area contributed by atoms with Gasteiger partial charge in [0.05, 0.1) is 23.9 Å². The van der Waals surface area contributed by atoms with Crippen LogP contribution < -0.4 is 0 Å². The zero-order valence-corrected chi connectivity index (χ0v) is 13.6. The number of hydrogen-bond donors (Lipinski definition) is 0. The maximum absolute atomic E-state index is 12.8. The molecule has 22 heavy (non-hydrogen) atoms. The molecule has 0 spiro atoms. The summed E-state index contributed by atoms with van der Waals surface area (Å²) in [6.07, 6.45) is 1.56. The molecule has 0 saturated carbocycles. The van der Waals surface area contributed by atoms with Gasteiger partial charge in [0, 0.05) is 13.0 Å². The summed E-state index contributed by atoms with van der Waals surface area (Å²) in [6.45, 7) is 1.96. The minimum Gasteiger partial charge on any atom is -0.468 e. The lowest BCUT2D eigenvalue weighted by molar-refractivity contribution is 0.368. The Hall–Kier alpha value is -1.81. The molecule has 5 nitrogen and oxygen atoms in total. The fraction of sp³-hybridized carbons (Fsp3) is 0.267. The second kappa shape index (κ2) is 6.97. The van der Waals surface area contributed by atoms with Crippen molar-refractivity contribution in [2.75, 3.05) is 6.54 Å². The summed E-state index contributed by atoms with van der Waals surface area (Å²) < 4.78 is 32.0. The van der Waals surface area contributed by atoms with Gasteiger partial charge in [-0.3, -0.25) is 0 Å². The zero-order chi connectivity index (χ0) is 16.2. The number of nitriles is 1. The van der Waals surface area contributed by atoms with Gasteiger partial charge < -0.3 is 4.42 Å². The molecule has 0 aliphatic carbocycles. The van der Waals surface area contributed by atoms with E-state index < -0.39 is 10.0 Å². The van der Waals surface area contributed by atoms with Crippen molar-refractivity contribution in [3.8, 4) is 6.07 Å². The molecule has 0 unspecified atom stereocenters. The molecular formula is C15H15ClN2O3S. The highest BCUT2D eigenvalue weighted by molar-refractivity contribution is 7.89. The Kier molecular flexibility index (Phi) is 5.24. The van der Waals surface area contributed by atoms with Crippen molar-refractivity contribution >= 4 is 21.6 Å². The Balaban J connectivity index is 2.37. The largest absolute Gasteiger partial charge is 0.468 e. The first-order chi connectivity index (χ1) is 10.4. The predicted octanol–water partition coefficient (Wildman–Crippen LogP) is 3.35. The first-order valence-corrected chi connectivity index (χ1v) is 8.42. The first kappa shape index (κ1) is 16.6. The van der Waals surface area contributed by atoms with E-state index in [1.807, 2.05) is 13.0 Å². The molecular weight excluding hydrogens is 324 g/mol. The highest BCUT2D eigenvalue weighted by atomic mass is 35.5. The third-order valence-corrected chi connectivity index (χ3v) is 5.42. The summed E-state index contributed by atoms with van der Waals surface area (Å²) in [4.78, 5) is 0.0317. The third-order valence-electron chi connectivity index (χ3n) is 3.09. The van der Waals surface area contributed by atoms with Gasteiger partial charge in [-0.1, -0.05) is 17.7 Å². The predicted molar refractivity (Wildman–Crippen MR) is 82.7 cm³/mol. The molecule has 0 fully saturated rings. The van der Waals surface area contributed by atoms with Gasteiger partial charge in [-0.25, -0.2) is 8.42 Å². The Labute approximate surface area is 134 Å². The quantitative estimate of drug-likeness (QED) is 0.809. The number of aryl methyl sites for hydroxylation is 1. The van der Waals surface area contributed by atoms with Crippen molar-refractivity contribution in [3.05, 3.63) is 52.9 Å². The molecule has 2 rings (SSSR count). The second-order valence-electron chi connectivity index (χ2n) is 4.76. The molecule has 0 radical (unpaired) electrons. The molecule has 0 atom stereocenters. The zero-order valence-electron chi connectivity index (χ0n) is 12.0. The first-order valence-electron chi connectivity index (χ1n) is 6.61. The van der Waals surface area contributed by atoms with Crippen LogP contribution in [0.1, 0.15) is 17.7 Å². The molecule has 1 heterocycles. The molecule has 1 aromatic heterocycles. The molecule has 7 heteroatoms. The van der Waals surface area contributed by atoms with Crippen LogP contribution in [-0.4, -0.2) is 19.3 Å². The van der Waals surface area contributed by atoms with Gasteiger partial charge in [0.1, 0.15) is 10.7 Å². The monoisotopic (exact) mass is 338 g/mol. The number of hydrogen-bond acceptors (Lipinski definition) is 4. The van der Waals surface area contributed by atoms with E-state index in [4.69, 9.17) is 21.3 Å². The van der Waals surface area contributed by atoms with E-state index in [-0.39, 0.29) is 29.4 Å². The van der Waals surface area contributed by atoms with Gasteiger partial charge in [0.2, 0.25) is 10.0 Å². The number of halogens is 1. The number of furan rings is 1. The molecule has 0 bridgehead atoms. The average Bonchev–Trinajstić information content (AvgIpc) is 2.95. The van der Waals surface area contributed by atoms with Crippen LogP contribution in [0, 0.1) is 18.3 Å². The van der Waals surface area contributed by atoms with Gasteiger partial charge in [0.25, 0.3) is 0 Å². The van der Waals surface area contributed by atoms with Gasteiger partial charge in [0.15, 0.2) is 0 Å². The fourth-order valence-electron chi connectivity index (χ4n) is 1.99. The van der Waals surface area contributed by atoms with Gasteiger partial charge in [-0.15, -0.1) is 0 Å². The summed E-state index contributed by atoms with van der Waals surface area (Å²) in [6, 6.07) is 10.1. The molecule has 2 aromatic rings. The summed E-state index contributed by atoms with van der Waals surface area (Å²) in [5, 5.41) is 8.92. The van der Waals surface area contributed by atoms with Crippen LogP contribution >= 0.6 is 11.6 Å². The number of rotatable bonds is 6. The van der Waals surface area contributed by atoms with Gasteiger partial charge in [-0.2, -0.15) is 9.57 Å². The van der Waals surface area contributed by atoms with Crippen molar-refractivity contribution in [1.82, 2.24) is 4.31 Å². The third kappa shape index (κ3) is 3.69. The second-order valence-corrected chi connectivity index (χ2v) is 7.07. The number of sulfonamides is 1. The summed E-state index contributed by atoms with van der Waals surface area (Å²) in [5.41, 5.74) is 0.874. The summed E-state index contributed by atoms with van der Waals surface area (Å²) in [7, 11) is -3.81. The lowest BCUT2D eigenvalue weighted by Crippen LogP contribution is -2.31. The SMILES string of the molecule is Cc1ccc(S(=O)(=O)N(CCC#N)Cc2ccco2)c(Cl)c1. The summed E-state index contributed by atoms with van der Waals surface area (Å²) >= 11 is 6.08. The highest BCUT2D eigenvalue weighted by Crippen LogP contribution is 2.27.